The predicted molar refractivity (Wildman–Crippen MR) is 221 cm³/mol. The fourth-order valence-corrected chi connectivity index (χ4v) is 7.90. The molecule has 0 saturated heterocycles. The van der Waals surface area contributed by atoms with Crippen LogP contribution in [0.2, 0.25) is 0 Å². The van der Waals surface area contributed by atoms with E-state index in [1.807, 2.05) is 0 Å². The van der Waals surface area contributed by atoms with Gasteiger partial charge in [0.1, 0.15) is 0 Å². The van der Waals surface area contributed by atoms with Crippen molar-refractivity contribution in [1.82, 2.24) is 4.57 Å². The van der Waals surface area contributed by atoms with Gasteiger partial charge in [0.2, 0.25) is 0 Å². The first kappa shape index (κ1) is 30.0. The number of benzene rings is 9. The topological polar surface area (TPSA) is 8.17 Å². The maximum atomic E-state index is 2.50. The standard InChI is InChI=1S/C50H34N2/c1-4-15-37(16-5-1)47-33-40-18-12-13-23-45(40)50-49(47)46-31-27-39(34-48(46)52(50)44-30-26-35-14-10-11-17-38(35)32-44)36-24-28-43(29-25-36)51(41-19-6-2-7-20-41)42-21-8-3-9-22-42/h1-34H. The molecule has 244 valence electrons. The second kappa shape index (κ2) is 12.5. The number of hydrogen-bond acceptors (Lipinski definition) is 1. The molecule has 10 rings (SSSR count). The highest BCUT2D eigenvalue weighted by Gasteiger charge is 2.20. The lowest BCUT2D eigenvalue weighted by molar-refractivity contribution is 1.19. The van der Waals surface area contributed by atoms with Crippen LogP contribution < -0.4 is 4.90 Å². The highest BCUT2D eigenvalue weighted by molar-refractivity contribution is 6.24. The van der Waals surface area contributed by atoms with Crippen LogP contribution in [0.1, 0.15) is 0 Å². The molecule has 0 amide bonds. The van der Waals surface area contributed by atoms with E-state index in [4.69, 9.17) is 0 Å². The van der Waals surface area contributed by atoms with Crippen LogP contribution in [-0.2, 0) is 0 Å². The Bertz CT molecular complexity index is 2830. The summed E-state index contributed by atoms with van der Waals surface area (Å²) < 4.78 is 2.50. The zero-order chi connectivity index (χ0) is 34.4. The van der Waals surface area contributed by atoms with Crippen LogP contribution in [0.25, 0.3) is 71.3 Å². The van der Waals surface area contributed by atoms with Gasteiger partial charge in [0.25, 0.3) is 0 Å². The van der Waals surface area contributed by atoms with Crippen LogP contribution >= 0.6 is 0 Å². The van der Waals surface area contributed by atoms with Gasteiger partial charge in [0.15, 0.2) is 0 Å². The third kappa shape index (κ3) is 5.04. The fraction of sp³-hybridized carbons (Fsp3) is 0. The van der Waals surface area contributed by atoms with E-state index in [0.29, 0.717) is 0 Å². The molecule has 0 atom stereocenters. The smallest absolute Gasteiger partial charge is 0.0625 e. The SMILES string of the molecule is c1ccc(-c2cc3ccccc3c3c2c2ccc(-c4ccc(N(c5ccccc5)c5ccccc5)cc4)cc2n3-c2ccc3ccccc3c2)cc1. The van der Waals surface area contributed by atoms with Gasteiger partial charge in [-0.3, -0.25) is 0 Å². The maximum absolute atomic E-state index is 2.50. The van der Waals surface area contributed by atoms with E-state index in [9.17, 15) is 0 Å². The number of para-hydroxylation sites is 2. The summed E-state index contributed by atoms with van der Waals surface area (Å²) in [5.41, 5.74) is 11.8. The Morgan fingerprint density at radius 2 is 0.923 bits per heavy atom. The predicted octanol–water partition coefficient (Wildman–Crippen LogP) is 13.9. The average Bonchev–Trinajstić information content (AvgIpc) is 3.57. The minimum atomic E-state index is 1.12. The highest BCUT2D eigenvalue weighted by Crippen LogP contribution is 2.44. The summed E-state index contributed by atoms with van der Waals surface area (Å²) in [6.45, 7) is 0. The van der Waals surface area contributed by atoms with Crippen molar-refractivity contribution in [3.05, 3.63) is 206 Å². The molecule has 10 aromatic rings. The summed E-state index contributed by atoms with van der Waals surface area (Å²) in [5, 5.41) is 7.46. The molecule has 0 saturated carbocycles. The normalized spacial score (nSPS) is 11.5. The van der Waals surface area contributed by atoms with Crippen molar-refractivity contribution < 1.29 is 0 Å². The van der Waals surface area contributed by atoms with Gasteiger partial charge >= 0.3 is 0 Å². The van der Waals surface area contributed by atoms with Crippen molar-refractivity contribution in [2.24, 2.45) is 0 Å². The van der Waals surface area contributed by atoms with Crippen LogP contribution in [0.5, 0.6) is 0 Å². The monoisotopic (exact) mass is 662 g/mol. The van der Waals surface area contributed by atoms with E-state index >= 15 is 0 Å². The van der Waals surface area contributed by atoms with Gasteiger partial charge < -0.3 is 9.47 Å². The Balaban J connectivity index is 1.21. The van der Waals surface area contributed by atoms with E-state index in [-0.39, 0.29) is 0 Å². The summed E-state index contributed by atoms with van der Waals surface area (Å²) in [4.78, 5) is 2.31. The molecule has 0 fully saturated rings. The van der Waals surface area contributed by atoms with Gasteiger partial charge in [0.05, 0.1) is 11.0 Å². The van der Waals surface area contributed by atoms with Crippen molar-refractivity contribution >= 4 is 60.4 Å². The molecular weight excluding hydrogens is 629 g/mol. The molecule has 2 heteroatoms. The number of nitrogens with zero attached hydrogens (tertiary/aromatic N) is 2. The summed E-state index contributed by atoms with van der Waals surface area (Å²) in [6.07, 6.45) is 0. The molecule has 0 aliphatic carbocycles. The number of rotatable bonds is 6. The van der Waals surface area contributed by atoms with Gasteiger partial charge in [0, 0.05) is 38.9 Å². The lowest BCUT2D eigenvalue weighted by atomic mass is 9.94. The van der Waals surface area contributed by atoms with Crippen LogP contribution in [0.3, 0.4) is 0 Å². The maximum Gasteiger partial charge on any atom is 0.0625 e. The Kier molecular flexibility index (Phi) is 7.18. The van der Waals surface area contributed by atoms with Crippen molar-refractivity contribution in [1.29, 1.82) is 0 Å². The van der Waals surface area contributed by atoms with Crippen molar-refractivity contribution in [3.8, 4) is 27.9 Å². The van der Waals surface area contributed by atoms with Crippen LogP contribution in [0, 0.1) is 0 Å². The van der Waals surface area contributed by atoms with Gasteiger partial charge in [-0.25, -0.2) is 0 Å². The van der Waals surface area contributed by atoms with Crippen LogP contribution in [0.4, 0.5) is 17.1 Å². The summed E-state index contributed by atoms with van der Waals surface area (Å²) in [6, 6.07) is 74.6. The zero-order valence-electron chi connectivity index (χ0n) is 28.5. The highest BCUT2D eigenvalue weighted by atomic mass is 15.1. The summed E-state index contributed by atoms with van der Waals surface area (Å²) in [7, 11) is 0. The summed E-state index contributed by atoms with van der Waals surface area (Å²) in [5.74, 6) is 0. The molecule has 0 spiro atoms. The van der Waals surface area contributed by atoms with Gasteiger partial charge in [-0.2, -0.15) is 0 Å². The second-order valence-electron chi connectivity index (χ2n) is 13.4. The molecular formula is C50H34N2. The Morgan fingerprint density at radius 1 is 0.346 bits per heavy atom. The van der Waals surface area contributed by atoms with E-state index in [1.165, 1.54) is 65.6 Å². The lowest BCUT2D eigenvalue weighted by Crippen LogP contribution is -2.09. The quantitative estimate of drug-likeness (QED) is 0.172. The van der Waals surface area contributed by atoms with Crippen molar-refractivity contribution in [2.75, 3.05) is 4.90 Å². The Morgan fingerprint density at radius 3 is 1.63 bits per heavy atom. The number of hydrogen-bond donors (Lipinski definition) is 0. The zero-order valence-corrected chi connectivity index (χ0v) is 28.5. The Hall–Kier alpha value is -6.90. The van der Waals surface area contributed by atoms with Crippen molar-refractivity contribution in [2.45, 2.75) is 0 Å². The number of aromatic nitrogens is 1. The number of anilines is 3. The molecule has 0 aliphatic rings. The molecule has 0 radical (unpaired) electrons. The minimum absolute atomic E-state index is 1.12. The molecule has 1 aromatic heterocycles. The third-order valence-electron chi connectivity index (χ3n) is 10.3. The minimum Gasteiger partial charge on any atom is -0.311 e. The van der Waals surface area contributed by atoms with Crippen LogP contribution in [0.15, 0.2) is 206 Å². The number of fused-ring (bicyclic) bond motifs is 6. The molecule has 0 unspecified atom stereocenters. The first-order chi connectivity index (χ1) is 25.8. The van der Waals surface area contributed by atoms with Gasteiger partial charge in [-0.05, 0) is 99.1 Å². The average molecular weight is 663 g/mol. The molecule has 2 nitrogen and oxygen atoms in total. The first-order valence-electron chi connectivity index (χ1n) is 17.9. The van der Waals surface area contributed by atoms with E-state index in [1.54, 1.807) is 0 Å². The largest absolute Gasteiger partial charge is 0.311 e. The molecule has 9 aromatic carbocycles. The van der Waals surface area contributed by atoms with E-state index in [0.717, 1.165) is 22.7 Å². The second-order valence-corrected chi connectivity index (χ2v) is 13.4. The van der Waals surface area contributed by atoms with Gasteiger partial charge in [-0.1, -0.05) is 146 Å². The van der Waals surface area contributed by atoms with Crippen molar-refractivity contribution in [3.63, 3.8) is 0 Å². The first-order valence-corrected chi connectivity index (χ1v) is 17.9. The summed E-state index contributed by atoms with van der Waals surface area (Å²) >= 11 is 0. The molecule has 1 heterocycles. The fourth-order valence-electron chi connectivity index (χ4n) is 7.90. The van der Waals surface area contributed by atoms with E-state index < -0.39 is 0 Å². The molecule has 0 bridgehead atoms. The third-order valence-corrected chi connectivity index (χ3v) is 10.3. The lowest BCUT2D eigenvalue weighted by Gasteiger charge is -2.25. The molecule has 0 aliphatic heterocycles. The van der Waals surface area contributed by atoms with E-state index in [2.05, 4.69) is 216 Å². The molecule has 52 heavy (non-hydrogen) atoms. The van der Waals surface area contributed by atoms with Gasteiger partial charge in [-0.15, -0.1) is 0 Å². The van der Waals surface area contributed by atoms with Crippen LogP contribution in [-0.4, -0.2) is 4.57 Å². The Labute approximate surface area is 303 Å². The molecule has 0 N–H and O–H groups in total.